The average molecular weight is 527 g/mol. The molecule has 2 amide bonds. The summed E-state index contributed by atoms with van der Waals surface area (Å²) in [6, 6.07) is 19.4. The number of nitrogens with two attached hydrogens (primary N) is 1. The van der Waals surface area contributed by atoms with Crippen LogP contribution in [0.3, 0.4) is 0 Å². The maximum absolute atomic E-state index is 12.7. The van der Waals surface area contributed by atoms with E-state index in [1.165, 1.54) is 10.6 Å². The lowest BCUT2D eigenvalue weighted by molar-refractivity contribution is 0.0998. The first kappa shape index (κ1) is 25.8. The number of halogens is 1. The molecular weight excluding hydrogens is 500 g/mol. The van der Waals surface area contributed by atoms with Gasteiger partial charge in [-0.05, 0) is 47.5 Å². The standard InChI is InChI=1S/C26H27ClN4O4S/c1-36(34,35)31-15-13-30(14-16-31)17-18-5-11-21(12-6-18)29-26(33)20-9-7-19(8-10-20)24-22(25(28)32)3-2-4-23(24)27/h2-12H,13-17H2,1H3,(H2,28,32)(H,29,33). The van der Waals surface area contributed by atoms with Gasteiger partial charge in [0.15, 0.2) is 0 Å². The third-order valence-corrected chi connectivity index (χ3v) is 7.75. The molecule has 8 nitrogen and oxygen atoms in total. The lowest BCUT2D eigenvalue weighted by atomic mass is 9.98. The van der Waals surface area contributed by atoms with Gasteiger partial charge in [-0.3, -0.25) is 14.5 Å². The third kappa shape index (κ3) is 6.11. The molecule has 10 heteroatoms. The van der Waals surface area contributed by atoms with Crippen molar-refractivity contribution in [1.82, 2.24) is 9.21 Å². The molecule has 0 bridgehead atoms. The minimum atomic E-state index is -3.14. The third-order valence-electron chi connectivity index (χ3n) is 6.13. The Bertz CT molecular complexity index is 1370. The van der Waals surface area contributed by atoms with E-state index in [1.807, 2.05) is 24.3 Å². The molecule has 1 aliphatic heterocycles. The predicted octanol–water partition coefficient (Wildman–Crippen LogP) is 3.44. The quantitative estimate of drug-likeness (QED) is 0.489. The fraction of sp³-hybridized carbons (Fsp3) is 0.231. The zero-order valence-corrected chi connectivity index (χ0v) is 21.3. The van der Waals surface area contributed by atoms with Crippen molar-refractivity contribution < 1.29 is 18.0 Å². The van der Waals surface area contributed by atoms with Gasteiger partial charge in [-0.1, -0.05) is 41.9 Å². The molecule has 0 radical (unpaired) electrons. The van der Waals surface area contributed by atoms with Crippen LogP contribution >= 0.6 is 11.6 Å². The molecular formula is C26H27ClN4O4S. The minimum absolute atomic E-state index is 0.263. The van der Waals surface area contributed by atoms with Gasteiger partial charge in [0.05, 0.1) is 6.26 Å². The Balaban J connectivity index is 1.37. The van der Waals surface area contributed by atoms with Crippen molar-refractivity contribution in [3.05, 3.63) is 88.4 Å². The summed E-state index contributed by atoms with van der Waals surface area (Å²) < 4.78 is 24.8. The van der Waals surface area contributed by atoms with Crippen LogP contribution in [0.15, 0.2) is 66.7 Å². The number of nitrogens with one attached hydrogen (secondary N) is 1. The van der Waals surface area contributed by atoms with Crippen LogP contribution in [-0.2, 0) is 16.6 Å². The number of primary amides is 1. The van der Waals surface area contributed by atoms with Crippen molar-refractivity contribution in [3.63, 3.8) is 0 Å². The molecule has 36 heavy (non-hydrogen) atoms. The molecule has 0 aromatic heterocycles. The second kappa shape index (κ2) is 10.8. The van der Waals surface area contributed by atoms with Gasteiger partial charge in [0.1, 0.15) is 0 Å². The maximum Gasteiger partial charge on any atom is 0.255 e. The predicted molar refractivity (Wildman–Crippen MR) is 141 cm³/mol. The fourth-order valence-corrected chi connectivity index (χ4v) is 5.30. The number of hydrogen-bond acceptors (Lipinski definition) is 5. The molecule has 4 rings (SSSR count). The summed E-state index contributed by atoms with van der Waals surface area (Å²) in [7, 11) is -3.14. The number of carbonyl (C=O) groups is 2. The van der Waals surface area contributed by atoms with E-state index >= 15 is 0 Å². The van der Waals surface area contributed by atoms with E-state index in [1.54, 1.807) is 42.5 Å². The Labute approximate surface area is 215 Å². The lowest BCUT2D eigenvalue weighted by Gasteiger charge is -2.33. The van der Waals surface area contributed by atoms with Crippen LogP contribution in [-0.4, -0.2) is 61.9 Å². The molecule has 0 spiro atoms. The molecule has 1 aliphatic rings. The van der Waals surface area contributed by atoms with Crippen LogP contribution in [0.5, 0.6) is 0 Å². The summed E-state index contributed by atoms with van der Waals surface area (Å²) in [5, 5.41) is 3.29. The Morgan fingerprint density at radius 1 is 0.944 bits per heavy atom. The van der Waals surface area contributed by atoms with Gasteiger partial charge in [0.25, 0.3) is 5.91 Å². The number of sulfonamides is 1. The molecule has 1 heterocycles. The summed E-state index contributed by atoms with van der Waals surface area (Å²) in [5.41, 5.74) is 9.22. The van der Waals surface area contributed by atoms with Crippen molar-refractivity contribution in [1.29, 1.82) is 0 Å². The van der Waals surface area contributed by atoms with Crippen molar-refractivity contribution in [2.75, 3.05) is 37.8 Å². The smallest absolute Gasteiger partial charge is 0.255 e. The lowest BCUT2D eigenvalue weighted by Crippen LogP contribution is -2.47. The van der Waals surface area contributed by atoms with Crippen molar-refractivity contribution in [3.8, 4) is 11.1 Å². The highest BCUT2D eigenvalue weighted by atomic mass is 35.5. The second-order valence-electron chi connectivity index (χ2n) is 8.69. The average Bonchev–Trinajstić information content (AvgIpc) is 2.85. The Morgan fingerprint density at radius 2 is 1.58 bits per heavy atom. The highest BCUT2D eigenvalue weighted by molar-refractivity contribution is 7.88. The largest absolute Gasteiger partial charge is 0.366 e. The Hall–Kier alpha value is -3.24. The van der Waals surface area contributed by atoms with E-state index in [-0.39, 0.29) is 5.91 Å². The van der Waals surface area contributed by atoms with Crippen molar-refractivity contribution >= 4 is 39.1 Å². The number of anilines is 1. The normalized spacial score (nSPS) is 14.9. The molecule has 1 saturated heterocycles. The SMILES string of the molecule is CS(=O)(=O)N1CCN(Cc2ccc(NC(=O)c3ccc(-c4c(Cl)cccc4C(N)=O)cc3)cc2)CC1. The summed E-state index contributed by atoms with van der Waals surface area (Å²) in [6.07, 6.45) is 1.24. The van der Waals surface area contributed by atoms with E-state index in [4.69, 9.17) is 17.3 Å². The number of piperazine rings is 1. The highest BCUT2D eigenvalue weighted by Crippen LogP contribution is 2.31. The number of carbonyl (C=O) groups excluding carboxylic acids is 2. The Morgan fingerprint density at radius 3 is 2.17 bits per heavy atom. The van der Waals surface area contributed by atoms with Crippen LogP contribution < -0.4 is 11.1 Å². The highest BCUT2D eigenvalue weighted by Gasteiger charge is 2.23. The summed E-state index contributed by atoms with van der Waals surface area (Å²) in [4.78, 5) is 26.7. The van der Waals surface area contributed by atoms with Crippen molar-refractivity contribution in [2.45, 2.75) is 6.54 Å². The van der Waals surface area contributed by atoms with E-state index in [9.17, 15) is 18.0 Å². The minimum Gasteiger partial charge on any atom is -0.366 e. The number of rotatable bonds is 7. The number of benzene rings is 3. The van der Waals surface area contributed by atoms with Crippen molar-refractivity contribution in [2.24, 2.45) is 5.73 Å². The van der Waals surface area contributed by atoms with Gasteiger partial charge in [-0.15, -0.1) is 0 Å². The van der Waals surface area contributed by atoms with E-state index < -0.39 is 15.9 Å². The van der Waals surface area contributed by atoms with Gasteiger partial charge in [0, 0.05) is 60.1 Å². The van der Waals surface area contributed by atoms with Crippen LogP contribution in [0.25, 0.3) is 11.1 Å². The van der Waals surface area contributed by atoms with Gasteiger partial charge >= 0.3 is 0 Å². The summed E-state index contributed by atoms with van der Waals surface area (Å²) in [5.74, 6) is -0.839. The Kier molecular flexibility index (Phi) is 7.75. The molecule has 0 unspecified atom stereocenters. The van der Waals surface area contributed by atoms with Gasteiger partial charge in [-0.2, -0.15) is 4.31 Å². The van der Waals surface area contributed by atoms with E-state index in [0.717, 1.165) is 5.56 Å². The molecule has 0 aliphatic carbocycles. The molecule has 3 N–H and O–H groups in total. The van der Waals surface area contributed by atoms with E-state index in [0.29, 0.717) is 65.7 Å². The van der Waals surface area contributed by atoms with Gasteiger partial charge < -0.3 is 11.1 Å². The van der Waals surface area contributed by atoms with Crippen LogP contribution in [0.4, 0.5) is 5.69 Å². The second-order valence-corrected chi connectivity index (χ2v) is 11.1. The molecule has 3 aromatic carbocycles. The zero-order valence-electron chi connectivity index (χ0n) is 19.8. The molecule has 1 fully saturated rings. The zero-order chi connectivity index (χ0) is 25.9. The number of amides is 2. The summed E-state index contributed by atoms with van der Waals surface area (Å²) in [6.45, 7) is 3.05. The molecule has 0 saturated carbocycles. The van der Waals surface area contributed by atoms with Crippen LogP contribution in [0.2, 0.25) is 5.02 Å². The number of hydrogen-bond donors (Lipinski definition) is 2. The fourth-order valence-electron chi connectivity index (χ4n) is 4.19. The first-order valence-electron chi connectivity index (χ1n) is 11.4. The summed E-state index contributed by atoms with van der Waals surface area (Å²) >= 11 is 6.30. The van der Waals surface area contributed by atoms with Crippen LogP contribution in [0, 0.1) is 0 Å². The van der Waals surface area contributed by atoms with Gasteiger partial charge in [0.2, 0.25) is 15.9 Å². The van der Waals surface area contributed by atoms with E-state index in [2.05, 4.69) is 10.2 Å². The molecule has 0 atom stereocenters. The first-order valence-corrected chi connectivity index (χ1v) is 13.6. The first-order chi connectivity index (χ1) is 17.1. The number of nitrogens with zero attached hydrogens (tertiary/aromatic N) is 2. The topological polar surface area (TPSA) is 113 Å². The molecule has 188 valence electrons. The molecule has 3 aromatic rings. The van der Waals surface area contributed by atoms with Gasteiger partial charge in [-0.25, -0.2) is 8.42 Å². The van der Waals surface area contributed by atoms with Crippen LogP contribution in [0.1, 0.15) is 26.3 Å². The maximum atomic E-state index is 12.7. The monoisotopic (exact) mass is 526 g/mol.